The lowest BCUT2D eigenvalue weighted by Crippen LogP contribution is -2.12. The molecule has 2 aromatic rings. The Morgan fingerprint density at radius 1 is 1.25 bits per heavy atom. The van der Waals surface area contributed by atoms with Gasteiger partial charge in [-0.25, -0.2) is 14.6 Å². The molecule has 1 aliphatic rings. The number of nitrogens with zero attached hydrogens (tertiary/aromatic N) is 4. The summed E-state index contributed by atoms with van der Waals surface area (Å²) >= 11 is 0. The van der Waals surface area contributed by atoms with Crippen molar-refractivity contribution < 1.29 is 0 Å². The van der Waals surface area contributed by atoms with Gasteiger partial charge in [0.2, 0.25) is 0 Å². The number of hydrogen-bond acceptors (Lipinski definition) is 4. The van der Waals surface area contributed by atoms with Crippen molar-refractivity contribution in [2.45, 2.75) is 52.4 Å². The minimum atomic E-state index is 0.489. The third kappa shape index (κ3) is 2.17. The van der Waals surface area contributed by atoms with E-state index in [9.17, 15) is 0 Å². The highest BCUT2D eigenvalue weighted by molar-refractivity contribution is 5.49. The van der Waals surface area contributed by atoms with Crippen molar-refractivity contribution >= 4 is 5.82 Å². The fraction of sp³-hybridized carbons (Fsp3) is 0.533. The van der Waals surface area contributed by atoms with E-state index in [0.717, 1.165) is 35.7 Å². The molecular formula is C15H21N5. The highest BCUT2D eigenvalue weighted by Gasteiger charge is 2.28. The lowest BCUT2D eigenvalue weighted by molar-refractivity contribution is 0.749. The van der Waals surface area contributed by atoms with E-state index in [0.29, 0.717) is 11.7 Å². The first kappa shape index (κ1) is 13.1. The molecule has 3 rings (SSSR count). The lowest BCUT2D eigenvalue weighted by Gasteiger charge is -2.11. The van der Waals surface area contributed by atoms with Crippen LogP contribution in [0, 0.1) is 6.92 Å². The summed E-state index contributed by atoms with van der Waals surface area (Å²) in [7, 11) is 0. The van der Waals surface area contributed by atoms with Gasteiger partial charge in [0.15, 0.2) is 5.82 Å². The molecule has 5 nitrogen and oxygen atoms in total. The van der Waals surface area contributed by atoms with Crippen LogP contribution in [0.4, 0.5) is 5.82 Å². The average molecular weight is 271 g/mol. The molecule has 20 heavy (non-hydrogen) atoms. The summed E-state index contributed by atoms with van der Waals surface area (Å²) in [4.78, 5) is 9.16. The number of rotatable bonds is 4. The smallest absolute Gasteiger partial charge is 0.162 e. The van der Waals surface area contributed by atoms with Gasteiger partial charge in [0.05, 0.1) is 5.69 Å². The molecule has 0 radical (unpaired) electrons. The van der Waals surface area contributed by atoms with Gasteiger partial charge in [0.25, 0.3) is 0 Å². The van der Waals surface area contributed by atoms with Crippen molar-refractivity contribution in [3.63, 3.8) is 0 Å². The monoisotopic (exact) mass is 271 g/mol. The summed E-state index contributed by atoms with van der Waals surface area (Å²) < 4.78 is 1.94. The molecule has 2 heterocycles. The molecule has 1 saturated carbocycles. The summed E-state index contributed by atoms with van der Waals surface area (Å²) in [5.41, 5.74) is 9.24. The normalized spacial score (nSPS) is 14.8. The van der Waals surface area contributed by atoms with Crippen molar-refractivity contribution in [1.82, 2.24) is 19.7 Å². The molecule has 1 fully saturated rings. The van der Waals surface area contributed by atoms with Gasteiger partial charge in [-0.2, -0.15) is 5.10 Å². The van der Waals surface area contributed by atoms with Crippen LogP contribution >= 0.6 is 0 Å². The first-order valence-electron chi connectivity index (χ1n) is 7.36. The maximum absolute atomic E-state index is 6.06. The van der Waals surface area contributed by atoms with Gasteiger partial charge in [-0.15, -0.1) is 0 Å². The SMILES string of the molecule is CCc1cc(CC)n(-c2nc(C3CC3)nc(N)c2C)n1. The van der Waals surface area contributed by atoms with Gasteiger partial charge in [-0.05, 0) is 38.7 Å². The topological polar surface area (TPSA) is 69.6 Å². The summed E-state index contributed by atoms with van der Waals surface area (Å²) in [5.74, 6) is 2.78. The van der Waals surface area contributed by atoms with Crippen LogP contribution in [0.1, 0.15) is 55.4 Å². The number of aromatic nitrogens is 4. The fourth-order valence-electron chi connectivity index (χ4n) is 2.35. The molecule has 0 aromatic carbocycles. The summed E-state index contributed by atoms with van der Waals surface area (Å²) in [5, 5.41) is 4.66. The summed E-state index contributed by atoms with van der Waals surface area (Å²) in [6.07, 6.45) is 4.19. The molecule has 2 N–H and O–H groups in total. The Hall–Kier alpha value is -1.91. The van der Waals surface area contributed by atoms with E-state index < -0.39 is 0 Å². The molecule has 0 aliphatic heterocycles. The molecule has 106 valence electrons. The van der Waals surface area contributed by atoms with E-state index in [4.69, 9.17) is 10.7 Å². The van der Waals surface area contributed by atoms with Gasteiger partial charge in [0.1, 0.15) is 11.6 Å². The van der Waals surface area contributed by atoms with Crippen LogP contribution in [-0.4, -0.2) is 19.7 Å². The Morgan fingerprint density at radius 2 is 2.00 bits per heavy atom. The fourth-order valence-corrected chi connectivity index (χ4v) is 2.35. The Balaban J connectivity index is 2.15. The maximum atomic E-state index is 6.06. The predicted molar refractivity (Wildman–Crippen MR) is 79.0 cm³/mol. The lowest BCUT2D eigenvalue weighted by atomic mass is 10.2. The second-order valence-electron chi connectivity index (χ2n) is 5.44. The van der Waals surface area contributed by atoms with E-state index >= 15 is 0 Å². The van der Waals surface area contributed by atoms with E-state index in [1.807, 2.05) is 11.6 Å². The van der Waals surface area contributed by atoms with Crippen molar-refractivity contribution in [2.75, 3.05) is 5.73 Å². The molecule has 1 aliphatic carbocycles. The Morgan fingerprint density at radius 3 is 2.60 bits per heavy atom. The zero-order chi connectivity index (χ0) is 14.3. The van der Waals surface area contributed by atoms with Crippen LogP contribution in [0.15, 0.2) is 6.07 Å². The molecule has 2 aromatic heterocycles. The van der Waals surface area contributed by atoms with Crippen LogP contribution in [0.3, 0.4) is 0 Å². The Bertz CT molecular complexity index is 640. The average Bonchev–Trinajstić information content (AvgIpc) is 3.21. The second kappa shape index (κ2) is 4.89. The van der Waals surface area contributed by atoms with Gasteiger partial charge >= 0.3 is 0 Å². The third-order valence-corrected chi connectivity index (χ3v) is 3.88. The maximum Gasteiger partial charge on any atom is 0.162 e. The van der Waals surface area contributed by atoms with Crippen molar-refractivity contribution in [3.05, 3.63) is 28.8 Å². The first-order valence-corrected chi connectivity index (χ1v) is 7.36. The standard InChI is InChI=1S/C15H21N5/c1-4-11-8-12(5-2)20(19-11)15-9(3)13(16)17-14(18-15)10-6-7-10/h8,10H,4-7H2,1-3H3,(H2,16,17,18). The molecule has 0 atom stereocenters. The highest BCUT2D eigenvalue weighted by Crippen LogP contribution is 2.39. The molecule has 0 unspecified atom stereocenters. The van der Waals surface area contributed by atoms with Crippen LogP contribution in [-0.2, 0) is 12.8 Å². The van der Waals surface area contributed by atoms with Crippen molar-refractivity contribution in [3.8, 4) is 5.82 Å². The number of nitrogen functional groups attached to an aromatic ring is 1. The van der Waals surface area contributed by atoms with Crippen molar-refractivity contribution in [1.29, 1.82) is 0 Å². The minimum absolute atomic E-state index is 0.489. The van der Waals surface area contributed by atoms with Crippen LogP contribution in [0.2, 0.25) is 0 Å². The zero-order valence-corrected chi connectivity index (χ0v) is 12.3. The Labute approximate surface area is 119 Å². The summed E-state index contributed by atoms with van der Waals surface area (Å²) in [6, 6.07) is 2.15. The van der Waals surface area contributed by atoms with E-state index in [2.05, 4.69) is 30.0 Å². The molecule has 5 heteroatoms. The van der Waals surface area contributed by atoms with Crippen LogP contribution < -0.4 is 5.73 Å². The number of nitrogens with two attached hydrogens (primary N) is 1. The largest absolute Gasteiger partial charge is 0.383 e. The summed E-state index contributed by atoms with van der Waals surface area (Å²) in [6.45, 7) is 6.21. The molecule has 0 saturated heterocycles. The quantitative estimate of drug-likeness (QED) is 0.927. The van der Waals surface area contributed by atoms with Crippen LogP contribution in [0.25, 0.3) is 5.82 Å². The second-order valence-corrected chi connectivity index (χ2v) is 5.44. The molecular weight excluding hydrogens is 250 g/mol. The van der Waals surface area contributed by atoms with Gasteiger partial charge in [-0.1, -0.05) is 13.8 Å². The molecule has 0 spiro atoms. The van der Waals surface area contributed by atoms with E-state index in [1.54, 1.807) is 0 Å². The third-order valence-electron chi connectivity index (χ3n) is 3.88. The predicted octanol–water partition coefficient (Wildman–Crippen LogP) is 2.56. The van der Waals surface area contributed by atoms with E-state index in [-0.39, 0.29) is 0 Å². The number of aryl methyl sites for hydroxylation is 2. The van der Waals surface area contributed by atoms with Gasteiger partial charge < -0.3 is 5.73 Å². The van der Waals surface area contributed by atoms with Crippen LogP contribution in [0.5, 0.6) is 0 Å². The van der Waals surface area contributed by atoms with Gasteiger partial charge in [-0.3, -0.25) is 0 Å². The molecule has 0 bridgehead atoms. The number of hydrogen-bond donors (Lipinski definition) is 1. The number of anilines is 1. The zero-order valence-electron chi connectivity index (χ0n) is 12.3. The molecule has 0 amide bonds. The minimum Gasteiger partial charge on any atom is -0.383 e. The Kier molecular flexibility index (Phi) is 3.20. The first-order chi connectivity index (χ1) is 9.63. The highest BCUT2D eigenvalue weighted by atomic mass is 15.3. The van der Waals surface area contributed by atoms with E-state index in [1.165, 1.54) is 18.5 Å². The van der Waals surface area contributed by atoms with Crippen molar-refractivity contribution in [2.24, 2.45) is 0 Å². The van der Waals surface area contributed by atoms with Gasteiger partial charge in [0, 0.05) is 17.2 Å².